The summed E-state index contributed by atoms with van der Waals surface area (Å²) in [6, 6.07) is 18.8. The van der Waals surface area contributed by atoms with Gasteiger partial charge in [-0.2, -0.15) is 0 Å². The van der Waals surface area contributed by atoms with Gasteiger partial charge in [0, 0.05) is 18.3 Å². The lowest BCUT2D eigenvalue weighted by Gasteiger charge is -2.23. The molecule has 0 aliphatic carbocycles. The minimum absolute atomic E-state index is 0.0511. The molecule has 0 unspecified atom stereocenters. The Morgan fingerprint density at radius 2 is 1.79 bits per heavy atom. The minimum atomic E-state index is -3.91. The number of ether oxygens (including phenoxy) is 1. The summed E-state index contributed by atoms with van der Waals surface area (Å²) in [5, 5.41) is 0.818. The summed E-state index contributed by atoms with van der Waals surface area (Å²) in [6.07, 6.45) is 0. The van der Waals surface area contributed by atoms with Crippen molar-refractivity contribution >= 4 is 43.2 Å². The fraction of sp³-hybridized carbons (Fsp3) is 0.200. The molecule has 3 aromatic carbocycles. The summed E-state index contributed by atoms with van der Waals surface area (Å²) in [5.41, 5.74) is 2.12. The number of nitrogens with one attached hydrogen (secondary N) is 1. The maximum atomic E-state index is 13.3. The zero-order chi connectivity index (χ0) is 24.5. The number of carbonyl (C=O) groups is 1. The van der Waals surface area contributed by atoms with Gasteiger partial charge in [0.25, 0.3) is 15.9 Å². The van der Waals surface area contributed by atoms with Gasteiger partial charge in [-0.1, -0.05) is 18.2 Å². The predicted octanol–water partition coefficient (Wildman–Crippen LogP) is 5.25. The summed E-state index contributed by atoms with van der Waals surface area (Å²) < 4.78 is 34.9. The second-order valence-electron chi connectivity index (χ2n) is 7.93. The lowest BCUT2D eigenvalue weighted by Crippen LogP contribution is -2.30. The number of aromatic nitrogens is 1. The zero-order valence-corrected chi connectivity index (χ0v) is 20.9. The largest absolute Gasteiger partial charge is 0.497 e. The normalized spacial score (nSPS) is 12.4. The fourth-order valence-electron chi connectivity index (χ4n) is 3.51. The molecule has 1 aromatic heterocycles. The van der Waals surface area contributed by atoms with Crippen LogP contribution in [-0.2, 0) is 10.0 Å². The van der Waals surface area contributed by atoms with Crippen LogP contribution in [0.5, 0.6) is 5.75 Å². The van der Waals surface area contributed by atoms with Crippen molar-refractivity contribution in [1.29, 1.82) is 0 Å². The molecule has 4 aromatic rings. The highest BCUT2D eigenvalue weighted by molar-refractivity contribution is 7.92. The maximum absolute atomic E-state index is 13.3. The lowest BCUT2D eigenvalue weighted by atomic mass is 10.1. The number of thiazole rings is 1. The zero-order valence-electron chi connectivity index (χ0n) is 19.3. The van der Waals surface area contributed by atoms with Crippen molar-refractivity contribution in [3.8, 4) is 5.75 Å². The molecule has 1 heterocycles. The van der Waals surface area contributed by atoms with E-state index in [1.165, 1.54) is 6.07 Å². The van der Waals surface area contributed by atoms with Gasteiger partial charge in [0.05, 0.1) is 28.3 Å². The average Bonchev–Trinajstić information content (AvgIpc) is 3.27. The number of fused-ring (bicyclic) bond motifs is 1. The van der Waals surface area contributed by atoms with Crippen molar-refractivity contribution in [1.82, 2.24) is 9.88 Å². The molecule has 4 rings (SSSR count). The predicted molar refractivity (Wildman–Crippen MR) is 135 cm³/mol. The number of aryl methyl sites for hydroxylation is 1. The van der Waals surface area contributed by atoms with Gasteiger partial charge < -0.3 is 9.64 Å². The number of methoxy groups -OCH3 is 1. The summed E-state index contributed by atoms with van der Waals surface area (Å²) in [5.74, 6) is 0.338. The Morgan fingerprint density at radius 3 is 2.47 bits per heavy atom. The summed E-state index contributed by atoms with van der Waals surface area (Å²) >= 11 is 1.54. The lowest BCUT2D eigenvalue weighted by molar-refractivity contribution is 0.0742. The number of carbonyl (C=O) groups excluding carboxylic acids is 1. The van der Waals surface area contributed by atoms with E-state index in [-0.39, 0.29) is 22.4 Å². The number of nitrogens with zero attached hydrogens (tertiary/aromatic N) is 2. The molecule has 7 nitrogen and oxygen atoms in total. The topological polar surface area (TPSA) is 88.6 Å². The molecule has 1 atom stereocenters. The Kier molecular flexibility index (Phi) is 6.58. The number of hydrogen-bond acceptors (Lipinski definition) is 6. The molecule has 34 heavy (non-hydrogen) atoms. The van der Waals surface area contributed by atoms with Crippen LogP contribution in [0.25, 0.3) is 10.2 Å². The molecule has 1 amide bonds. The van der Waals surface area contributed by atoms with Gasteiger partial charge in [-0.15, -0.1) is 11.3 Å². The van der Waals surface area contributed by atoms with Crippen molar-refractivity contribution in [2.75, 3.05) is 18.9 Å². The summed E-state index contributed by atoms with van der Waals surface area (Å²) in [4.78, 5) is 19.5. The first-order chi connectivity index (χ1) is 16.2. The third-order valence-corrected chi connectivity index (χ3v) is 8.37. The number of benzene rings is 3. The smallest absolute Gasteiger partial charge is 0.262 e. The quantitative estimate of drug-likeness (QED) is 0.378. The van der Waals surface area contributed by atoms with Crippen LogP contribution in [0.4, 0.5) is 5.69 Å². The first-order valence-electron chi connectivity index (χ1n) is 10.6. The van der Waals surface area contributed by atoms with Crippen LogP contribution in [0.3, 0.4) is 0 Å². The second-order valence-corrected chi connectivity index (χ2v) is 10.6. The molecular formula is C25H25N3O4S2. The van der Waals surface area contributed by atoms with Gasteiger partial charge in [-0.05, 0) is 67.9 Å². The molecule has 0 aliphatic rings. The highest BCUT2D eigenvalue weighted by Crippen LogP contribution is 2.30. The van der Waals surface area contributed by atoms with Crippen molar-refractivity contribution in [2.24, 2.45) is 0 Å². The van der Waals surface area contributed by atoms with Crippen molar-refractivity contribution in [3.05, 3.63) is 82.9 Å². The Labute approximate surface area is 203 Å². The monoisotopic (exact) mass is 495 g/mol. The maximum Gasteiger partial charge on any atom is 0.262 e. The first-order valence-corrected chi connectivity index (χ1v) is 12.9. The molecular weight excluding hydrogens is 470 g/mol. The number of rotatable bonds is 7. The number of para-hydroxylation sites is 1. The third kappa shape index (κ3) is 4.76. The van der Waals surface area contributed by atoms with Crippen molar-refractivity contribution in [2.45, 2.75) is 24.8 Å². The van der Waals surface area contributed by atoms with Gasteiger partial charge in [0.15, 0.2) is 0 Å². The van der Waals surface area contributed by atoms with E-state index in [0.29, 0.717) is 17.0 Å². The molecule has 9 heteroatoms. The van der Waals surface area contributed by atoms with Crippen LogP contribution in [0, 0.1) is 6.92 Å². The molecule has 0 spiro atoms. The average molecular weight is 496 g/mol. The Balaban J connectivity index is 1.58. The summed E-state index contributed by atoms with van der Waals surface area (Å²) in [7, 11) is -0.668. The molecule has 0 saturated heterocycles. The Bertz CT molecular complexity index is 1410. The van der Waals surface area contributed by atoms with Crippen molar-refractivity contribution < 1.29 is 17.9 Å². The standard InChI is InChI=1S/C25H25N3O4S2/c1-16-9-10-18(15-23(16)34(30,31)27-19-11-13-20(32-4)14-12-19)25(29)28(3)17(2)24-26-21-7-5-6-8-22(21)33-24/h5-15,17,27H,1-4H3/t17-/m0/s1. The first kappa shape index (κ1) is 23.7. The van der Waals surface area contributed by atoms with Gasteiger partial charge in [0.1, 0.15) is 10.8 Å². The van der Waals surface area contributed by atoms with Crippen LogP contribution >= 0.6 is 11.3 Å². The second kappa shape index (κ2) is 9.44. The van der Waals surface area contributed by atoms with Crippen LogP contribution in [0.15, 0.2) is 71.6 Å². The number of sulfonamides is 1. The fourth-order valence-corrected chi connectivity index (χ4v) is 5.90. The van der Waals surface area contributed by atoms with Crippen LogP contribution in [0.1, 0.15) is 33.9 Å². The van der Waals surface area contributed by atoms with Crippen LogP contribution in [0.2, 0.25) is 0 Å². The molecule has 0 bridgehead atoms. The van der Waals surface area contributed by atoms with Gasteiger partial charge in [-0.25, -0.2) is 13.4 Å². The van der Waals surface area contributed by atoms with E-state index in [9.17, 15) is 13.2 Å². The highest BCUT2D eigenvalue weighted by Gasteiger charge is 2.24. The molecule has 1 N–H and O–H groups in total. The molecule has 0 aliphatic heterocycles. The summed E-state index contributed by atoms with van der Waals surface area (Å²) in [6.45, 7) is 3.61. The van der Waals surface area contributed by atoms with E-state index in [4.69, 9.17) is 4.74 Å². The molecule has 0 radical (unpaired) electrons. The Morgan fingerprint density at radius 1 is 1.09 bits per heavy atom. The Hall–Kier alpha value is -3.43. The van der Waals surface area contributed by atoms with E-state index >= 15 is 0 Å². The van der Waals surface area contributed by atoms with E-state index < -0.39 is 10.0 Å². The van der Waals surface area contributed by atoms with E-state index in [1.807, 2.05) is 31.2 Å². The van der Waals surface area contributed by atoms with Crippen LogP contribution in [-0.4, -0.2) is 38.4 Å². The molecule has 0 saturated carbocycles. The van der Waals surface area contributed by atoms with Crippen LogP contribution < -0.4 is 9.46 Å². The van der Waals surface area contributed by atoms with Crippen molar-refractivity contribution in [3.63, 3.8) is 0 Å². The number of amides is 1. The van der Waals surface area contributed by atoms with Gasteiger partial charge >= 0.3 is 0 Å². The van der Waals surface area contributed by atoms with E-state index in [1.54, 1.807) is 73.7 Å². The minimum Gasteiger partial charge on any atom is -0.497 e. The van der Waals surface area contributed by atoms with Gasteiger partial charge in [-0.3, -0.25) is 9.52 Å². The third-order valence-electron chi connectivity index (χ3n) is 5.64. The molecule has 176 valence electrons. The number of hydrogen-bond donors (Lipinski definition) is 1. The van der Waals surface area contributed by atoms with E-state index in [2.05, 4.69) is 9.71 Å². The number of anilines is 1. The SMILES string of the molecule is COc1ccc(NS(=O)(=O)c2cc(C(=O)N(C)[C@@H](C)c3nc4ccccc4s3)ccc2C)cc1. The van der Waals surface area contributed by atoms with E-state index in [0.717, 1.165) is 15.2 Å². The van der Waals surface area contributed by atoms with Gasteiger partial charge in [0.2, 0.25) is 0 Å². The molecule has 0 fully saturated rings. The highest BCUT2D eigenvalue weighted by atomic mass is 32.2.